The molecule has 0 spiro atoms. The Hall–Kier alpha value is -0.0800. The molecule has 14 heavy (non-hydrogen) atoms. The van der Waals surface area contributed by atoms with Gasteiger partial charge in [0.1, 0.15) is 0 Å². The molecule has 0 aromatic heterocycles. The second-order valence-corrected chi connectivity index (χ2v) is 4.37. The second-order valence-electron chi connectivity index (χ2n) is 4.37. The smallest absolute Gasteiger partial charge is 0.0558 e. The number of hydrogen-bond donors (Lipinski definition) is 1. The SMILES string of the molecule is CCC1CCCCC1N(CC)CCO. The first-order chi connectivity index (χ1) is 6.83. The van der Waals surface area contributed by atoms with E-state index in [-0.39, 0.29) is 0 Å². The predicted molar refractivity (Wildman–Crippen MR) is 60.4 cm³/mol. The molecule has 1 aliphatic rings. The van der Waals surface area contributed by atoms with E-state index < -0.39 is 0 Å². The van der Waals surface area contributed by atoms with Crippen molar-refractivity contribution >= 4 is 0 Å². The van der Waals surface area contributed by atoms with Crippen LogP contribution in [0.2, 0.25) is 0 Å². The molecule has 0 saturated heterocycles. The van der Waals surface area contributed by atoms with E-state index in [9.17, 15) is 0 Å². The average Bonchev–Trinajstić information content (AvgIpc) is 2.26. The van der Waals surface area contributed by atoms with Crippen molar-refractivity contribution < 1.29 is 5.11 Å². The van der Waals surface area contributed by atoms with Gasteiger partial charge in [-0.25, -0.2) is 0 Å². The van der Waals surface area contributed by atoms with Gasteiger partial charge >= 0.3 is 0 Å². The van der Waals surface area contributed by atoms with Gasteiger partial charge in [-0.1, -0.05) is 33.1 Å². The van der Waals surface area contributed by atoms with Crippen molar-refractivity contribution in [2.45, 2.75) is 52.0 Å². The van der Waals surface area contributed by atoms with Crippen LogP contribution in [0.1, 0.15) is 46.0 Å². The Bertz CT molecular complexity index is 149. The zero-order valence-electron chi connectivity index (χ0n) is 9.71. The third-order valence-corrected chi connectivity index (χ3v) is 3.66. The van der Waals surface area contributed by atoms with E-state index in [1.54, 1.807) is 0 Å². The molecule has 1 saturated carbocycles. The molecule has 2 atom stereocenters. The summed E-state index contributed by atoms with van der Waals surface area (Å²) in [5.41, 5.74) is 0. The summed E-state index contributed by atoms with van der Waals surface area (Å²) in [6.07, 6.45) is 6.82. The fourth-order valence-corrected chi connectivity index (χ4v) is 2.83. The summed E-state index contributed by atoms with van der Waals surface area (Å²) in [7, 11) is 0. The third kappa shape index (κ3) is 2.96. The van der Waals surface area contributed by atoms with E-state index in [4.69, 9.17) is 5.11 Å². The van der Waals surface area contributed by atoms with Gasteiger partial charge in [0.25, 0.3) is 0 Å². The molecule has 0 heterocycles. The zero-order chi connectivity index (χ0) is 10.4. The van der Waals surface area contributed by atoms with E-state index in [2.05, 4.69) is 18.7 Å². The van der Waals surface area contributed by atoms with Crippen LogP contribution in [0.3, 0.4) is 0 Å². The van der Waals surface area contributed by atoms with Gasteiger partial charge in [0.2, 0.25) is 0 Å². The lowest BCUT2D eigenvalue weighted by atomic mass is 9.82. The molecule has 84 valence electrons. The Labute approximate surface area is 88.3 Å². The molecule has 1 aliphatic carbocycles. The molecular formula is C12H25NO. The molecule has 0 radical (unpaired) electrons. The lowest BCUT2D eigenvalue weighted by molar-refractivity contribution is 0.0865. The van der Waals surface area contributed by atoms with Crippen molar-refractivity contribution in [2.24, 2.45) is 5.92 Å². The molecule has 2 nitrogen and oxygen atoms in total. The summed E-state index contributed by atoms with van der Waals surface area (Å²) in [5, 5.41) is 9.02. The molecule has 1 fully saturated rings. The van der Waals surface area contributed by atoms with Gasteiger partial charge in [-0.3, -0.25) is 4.90 Å². The summed E-state index contributed by atoms with van der Waals surface area (Å²) in [5.74, 6) is 0.871. The Morgan fingerprint density at radius 1 is 1.21 bits per heavy atom. The topological polar surface area (TPSA) is 23.5 Å². The fourth-order valence-electron chi connectivity index (χ4n) is 2.83. The highest BCUT2D eigenvalue weighted by Gasteiger charge is 2.27. The van der Waals surface area contributed by atoms with Crippen LogP contribution < -0.4 is 0 Å². The number of nitrogens with zero attached hydrogens (tertiary/aromatic N) is 1. The molecule has 0 aliphatic heterocycles. The minimum absolute atomic E-state index is 0.306. The highest BCUT2D eigenvalue weighted by atomic mass is 16.3. The molecule has 0 bridgehead atoms. The number of likely N-dealkylation sites (N-methyl/N-ethyl adjacent to an activating group) is 1. The zero-order valence-corrected chi connectivity index (χ0v) is 9.71. The third-order valence-electron chi connectivity index (χ3n) is 3.66. The number of rotatable bonds is 5. The molecule has 0 aromatic carbocycles. The average molecular weight is 199 g/mol. The lowest BCUT2D eigenvalue weighted by Crippen LogP contribution is -2.43. The van der Waals surface area contributed by atoms with Crippen LogP contribution in [-0.4, -0.2) is 35.7 Å². The van der Waals surface area contributed by atoms with Crippen LogP contribution in [0.5, 0.6) is 0 Å². The van der Waals surface area contributed by atoms with Crippen molar-refractivity contribution in [2.75, 3.05) is 19.7 Å². The maximum absolute atomic E-state index is 9.02. The molecule has 1 N–H and O–H groups in total. The van der Waals surface area contributed by atoms with Gasteiger partial charge in [-0.15, -0.1) is 0 Å². The van der Waals surface area contributed by atoms with Gasteiger partial charge < -0.3 is 5.11 Å². The van der Waals surface area contributed by atoms with Crippen molar-refractivity contribution in [1.82, 2.24) is 4.90 Å². The minimum Gasteiger partial charge on any atom is -0.395 e. The van der Waals surface area contributed by atoms with E-state index in [0.29, 0.717) is 6.61 Å². The number of hydrogen-bond acceptors (Lipinski definition) is 2. The first kappa shape index (κ1) is 12.0. The van der Waals surface area contributed by atoms with Crippen LogP contribution in [-0.2, 0) is 0 Å². The molecule has 0 aromatic rings. The second kappa shape index (κ2) is 6.41. The molecule has 1 rings (SSSR count). The van der Waals surface area contributed by atoms with E-state index in [1.165, 1.54) is 32.1 Å². The molecule has 2 heteroatoms. The largest absolute Gasteiger partial charge is 0.395 e. The summed E-state index contributed by atoms with van der Waals surface area (Å²) in [6, 6.07) is 0.742. The Balaban J connectivity index is 2.51. The van der Waals surface area contributed by atoms with Gasteiger partial charge in [-0.05, 0) is 25.3 Å². The summed E-state index contributed by atoms with van der Waals surface area (Å²) in [6.45, 7) is 6.76. The summed E-state index contributed by atoms with van der Waals surface area (Å²) >= 11 is 0. The van der Waals surface area contributed by atoms with Crippen LogP contribution in [0.15, 0.2) is 0 Å². The van der Waals surface area contributed by atoms with E-state index in [1.807, 2.05) is 0 Å². The Morgan fingerprint density at radius 2 is 1.93 bits per heavy atom. The monoisotopic (exact) mass is 199 g/mol. The summed E-state index contributed by atoms with van der Waals surface area (Å²) < 4.78 is 0. The van der Waals surface area contributed by atoms with Crippen molar-refractivity contribution in [1.29, 1.82) is 0 Å². The number of aliphatic hydroxyl groups is 1. The van der Waals surface area contributed by atoms with Crippen LogP contribution in [0, 0.1) is 5.92 Å². The fraction of sp³-hybridized carbons (Fsp3) is 1.00. The normalized spacial score (nSPS) is 28.3. The van der Waals surface area contributed by atoms with Crippen molar-refractivity contribution in [3.63, 3.8) is 0 Å². The van der Waals surface area contributed by atoms with Gasteiger partial charge in [0, 0.05) is 12.6 Å². The van der Waals surface area contributed by atoms with Crippen LogP contribution in [0.25, 0.3) is 0 Å². The maximum Gasteiger partial charge on any atom is 0.0558 e. The minimum atomic E-state index is 0.306. The molecule has 2 unspecified atom stereocenters. The van der Waals surface area contributed by atoms with Crippen molar-refractivity contribution in [3.8, 4) is 0 Å². The molecular weight excluding hydrogens is 174 g/mol. The standard InChI is InChI=1S/C12H25NO/c1-3-11-7-5-6-8-12(11)13(4-2)9-10-14/h11-12,14H,3-10H2,1-2H3. The highest BCUT2D eigenvalue weighted by molar-refractivity contribution is 4.82. The van der Waals surface area contributed by atoms with E-state index in [0.717, 1.165) is 25.0 Å². The highest BCUT2D eigenvalue weighted by Crippen LogP contribution is 2.30. The maximum atomic E-state index is 9.02. The molecule has 0 amide bonds. The summed E-state index contributed by atoms with van der Waals surface area (Å²) in [4.78, 5) is 2.47. The van der Waals surface area contributed by atoms with Crippen LogP contribution in [0.4, 0.5) is 0 Å². The first-order valence-corrected chi connectivity index (χ1v) is 6.18. The lowest BCUT2D eigenvalue weighted by Gasteiger charge is -2.39. The Kier molecular flexibility index (Phi) is 5.49. The van der Waals surface area contributed by atoms with Crippen molar-refractivity contribution in [3.05, 3.63) is 0 Å². The van der Waals surface area contributed by atoms with Gasteiger partial charge in [0.05, 0.1) is 6.61 Å². The van der Waals surface area contributed by atoms with Gasteiger partial charge in [0.15, 0.2) is 0 Å². The predicted octanol–water partition coefficient (Wildman–Crippen LogP) is 2.27. The first-order valence-electron chi connectivity index (χ1n) is 6.18. The van der Waals surface area contributed by atoms with Gasteiger partial charge in [-0.2, -0.15) is 0 Å². The van der Waals surface area contributed by atoms with Crippen LogP contribution >= 0.6 is 0 Å². The Morgan fingerprint density at radius 3 is 2.50 bits per heavy atom. The number of aliphatic hydroxyl groups excluding tert-OH is 1. The quantitative estimate of drug-likeness (QED) is 0.734. The van der Waals surface area contributed by atoms with E-state index >= 15 is 0 Å².